The Morgan fingerprint density at radius 2 is 1.93 bits per heavy atom. The Morgan fingerprint density at radius 1 is 1.21 bits per heavy atom. The van der Waals surface area contributed by atoms with Gasteiger partial charge in [0, 0.05) is 38.4 Å². The number of aromatic amines is 1. The highest BCUT2D eigenvalue weighted by molar-refractivity contribution is 5.43. The summed E-state index contributed by atoms with van der Waals surface area (Å²) in [5.74, 6) is 0. The summed E-state index contributed by atoms with van der Waals surface area (Å²) in [6.07, 6.45) is 1.79. The highest BCUT2D eigenvalue weighted by Crippen LogP contribution is 2.12. The van der Waals surface area contributed by atoms with Crippen LogP contribution in [0.4, 0.5) is 5.69 Å². The van der Waals surface area contributed by atoms with Gasteiger partial charge in [0.2, 0.25) is 5.56 Å². The van der Waals surface area contributed by atoms with Crippen LogP contribution in [0.15, 0.2) is 23.1 Å². The lowest BCUT2D eigenvalue weighted by molar-refractivity contribution is 0.313. The molecule has 0 amide bonds. The predicted molar refractivity (Wildman–Crippen MR) is 56.8 cm³/mol. The number of H-pyrrole nitrogens is 1. The normalized spacial score (nSPS) is 18.5. The number of pyridine rings is 1. The molecule has 4 heteroatoms. The number of anilines is 1. The largest absolute Gasteiger partial charge is 0.368 e. The molecule has 0 unspecified atom stereocenters. The molecule has 2 rings (SSSR count). The minimum atomic E-state index is -0.0390. The van der Waals surface area contributed by atoms with Crippen molar-refractivity contribution in [2.45, 2.75) is 0 Å². The van der Waals surface area contributed by atoms with Gasteiger partial charge in [-0.3, -0.25) is 4.79 Å². The summed E-state index contributed by atoms with van der Waals surface area (Å²) in [6, 6.07) is 3.46. The van der Waals surface area contributed by atoms with E-state index in [0.29, 0.717) is 0 Å². The maximum Gasteiger partial charge on any atom is 0.248 e. The second-order valence-corrected chi connectivity index (χ2v) is 3.70. The molecule has 76 valence electrons. The fourth-order valence-electron chi connectivity index (χ4n) is 1.66. The van der Waals surface area contributed by atoms with Gasteiger partial charge in [-0.05, 0) is 13.1 Å². The number of nitrogens with one attached hydrogen (secondary N) is 1. The van der Waals surface area contributed by atoms with Gasteiger partial charge in [-0.15, -0.1) is 0 Å². The van der Waals surface area contributed by atoms with Crippen molar-refractivity contribution >= 4 is 5.69 Å². The zero-order valence-electron chi connectivity index (χ0n) is 8.36. The van der Waals surface area contributed by atoms with Crippen molar-refractivity contribution in [2.24, 2.45) is 0 Å². The molecule has 0 radical (unpaired) electrons. The van der Waals surface area contributed by atoms with Crippen LogP contribution in [0, 0.1) is 0 Å². The summed E-state index contributed by atoms with van der Waals surface area (Å²) in [6.45, 7) is 4.23. The molecule has 0 aliphatic carbocycles. The van der Waals surface area contributed by atoms with E-state index in [1.165, 1.54) is 0 Å². The Hall–Kier alpha value is -1.29. The van der Waals surface area contributed by atoms with Crippen molar-refractivity contribution in [3.8, 4) is 0 Å². The van der Waals surface area contributed by atoms with Gasteiger partial charge >= 0.3 is 0 Å². The van der Waals surface area contributed by atoms with Gasteiger partial charge in [0.05, 0.1) is 5.69 Å². The number of likely N-dealkylation sites (N-methyl/N-ethyl adjacent to an activating group) is 1. The maximum absolute atomic E-state index is 10.9. The van der Waals surface area contributed by atoms with Crippen LogP contribution >= 0.6 is 0 Å². The molecule has 4 nitrogen and oxygen atoms in total. The van der Waals surface area contributed by atoms with Crippen LogP contribution < -0.4 is 10.5 Å². The second kappa shape index (κ2) is 3.84. The van der Waals surface area contributed by atoms with Gasteiger partial charge in [-0.25, -0.2) is 0 Å². The molecule has 0 saturated carbocycles. The van der Waals surface area contributed by atoms with Crippen LogP contribution in [0.1, 0.15) is 0 Å². The number of piperazine rings is 1. The molecule has 1 aliphatic heterocycles. The third-order valence-corrected chi connectivity index (χ3v) is 2.64. The zero-order valence-corrected chi connectivity index (χ0v) is 8.36. The Kier molecular flexibility index (Phi) is 2.54. The summed E-state index contributed by atoms with van der Waals surface area (Å²) < 4.78 is 0. The summed E-state index contributed by atoms with van der Waals surface area (Å²) in [7, 11) is 2.13. The van der Waals surface area contributed by atoms with Gasteiger partial charge in [0.1, 0.15) is 0 Å². The Bertz CT molecular complexity index is 332. The van der Waals surface area contributed by atoms with E-state index >= 15 is 0 Å². The molecule has 0 aromatic carbocycles. The lowest BCUT2D eigenvalue weighted by atomic mass is 10.3. The quantitative estimate of drug-likeness (QED) is 0.689. The SMILES string of the molecule is CN1CCN(c2ccc(=O)[nH]c2)CC1. The van der Waals surface area contributed by atoms with E-state index in [-0.39, 0.29) is 5.56 Å². The molecule has 0 atom stereocenters. The van der Waals surface area contributed by atoms with Crippen LogP contribution in [-0.2, 0) is 0 Å². The first-order valence-corrected chi connectivity index (χ1v) is 4.88. The first kappa shape index (κ1) is 9.27. The van der Waals surface area contributed by atoms with Gasteiger partial charge in [0.15, 0.2) is 0 Å². The second-order valence-electron chi connectivity index (χ2n) is 3.70. The van der Waals surface area contributed by atoms with Crippen molar-refractivity contribution in [1.29, 1.82) is 0 Å². The molecule has 1 aromatic rings. The molecular weight excluding hydrogens is 178 g/mol. The Labute approximate surface area is 83.2 Å². The van der Waals surface area contributed by atoms with Gasteiger partial charge in [-0.2, -0.15) is 0 Å². The minimum Gasteiger partial charge on any atom is -0.368 e. The lowest BCUT2D eigenvalue weighted by Gasteiger charge is -2.33. The summed E-state index contributed by atoms with van der Waals surface area (Å²) >= 11 is 0. The number of rotatable bonds is 1. The smallest absolute Gasteiger partial charge is 0.248 e. The molecule has 1 aliphatic rings. The third-order valence-electron chi connectivity index (χ3n) is 2.64. The Morgan fingerprint density at radius 3 is 2.50 bits per heavy atom. The molecule has 1 aromatic heterocycles. The molecule has 14 heavy (non-hydrogen) atoms. The van der Waals surface area contributed by atoms with Gasteiger partial charge < -0.3 is 14.8 Å². The van der Waals surface area contributed by atoms with Crippen LogP contribution in [0.25, 0.3) is 0 Å². The number of aromatic nitrogens is 1. The van der Waals surface area contributed by atoms with E-state index in [4.69, 9.17) is 0 Å². The van der Waals surface area contributed by atoms with Gasteiger partial charge in [0.25, 0.3) is 0 Å². The maximum atomic E-state index is 10.9. The fourth-order valence-corrected chi connectivity index (χ4v) is 1.66. The molecule has 1 N–H and O–H groups in total. The standard InChI is InChI=1S/C10H15N3O/c1-12-4-6-13(7-5-12)9-2-3-10(14)11-8-9/h2-3,8H,4-7H2,1H3,(H,11,14). The molecule has 0 spiro atoms. The molecular formula is C10H15N3O. The molecule has 1 fully saturated rings. The fraction of sp³-hybridized carbons (Fsp3) is 0.500. The van der Waals surface area contributed by atoms with Crippen molar-refractivity contribution < 1.29 is 0 Å². The van der Waals surface area contributed by atoms with E-state index in [1.54, 1.807) is 12.3 Å². The van der Waals surface area contributed by atoms with Crippen molar-refractivity contribution in [1.82, 2.24) is 9.88 Å². The highest BCUT2D eigenvalue weighted by Gasteiger charge is 2.13. The topological polar surface area (TPSA) is 39.3 Å². The van der Waals surface area contributed by atoms with Crippen LogP contribution in [0.2, 0.25) is 0 Å². The van der Waals surface area contributed by atoms with Crippen molar-refractivity contribution in [3.63, 3.8) is 0 Å². The molecule has 2 heterocycles. The van der Waals surface area contributed by atoms with E-state index < -0.39 is 0 Å². The average molecular weight is 193 g/mol. The van der Waals surface area contributed by atoms with E-state index in [0.717, 1.165) is 31.9 Å². The summed E-state index contributed by atoms with van der Waals surface area (Å²) in [5.41, 5.74) is 1.07. The molecule has 0 bridgehead atoms. The van der Waals surface area contributed by atoms with Crippen molar-refractivity contribution in [2.75, 3.05) is 38.1 Å². The number of nitrogens with zero attached hydrogens (tertiary/aromatic N) is 2. The Balaban J connectivity index is 2.08. The number of hydrogen-bond acceptors (Lipinski definition) is 3. The molecule has 1 saturated heterocycles. The zero-order chi connectivity index (χ0) is 9.97. The van der Waals surface area contributed by atoms with Crippen LogP contribution in [0.3, 0.4) is 0 Å². The average Bonchev–Trinajstić information content (AvgIpc) is 2.21. The van der Waals surface area contributed by atoms with Gasteiger partial charge in [-0.1, -0.05) is 0 Å². The predicted octanol–water partition coefficient (Wildman–Crippen LogP) is 0.127. The first-order chi connectivity index (χ1) is 6.75. The first-order valence-electron chi connectivity index (χ1n) is 4.88. The highest BCUT2D eigenvalue weighted by atomic mass is 16.1. The van der Waals surface area contributed by atoms with E-state index in [9.17, 15) is 4.79 Å². The van der Waals surface area contributed by atoms with Crippen LogP contribution in [-0.4, -0.2) is 43.1 Å². The monoisotopic (exact) mass is 193 g/mol. The minimum absolute atomic E-state index is 0.0390. The summed E-state index contributed by atoms with van der Waals surface area (Å²) in [5, 5.41) is 0. The third kappa shape index (κ3) is 1.96. The van der Waals surface area contributed by atoms with Crippen LogP contribution in [0.5, 0.6) is 0 Å². The number of hydrogen-bond donors (Lipinski definition) is 1. The summed E-state index contributed by atoms with van der Waals surface area (Å²) in [4.78, 5) is 18.2. The van der Waals surface area contributed by atoms with E-state index in [2.05, 4.69) is 21.8 Å². The van der Waals surface area contributed by atoms with Crippen molar-refractivity contribution in [3.05, 3.63) is 28.7 Å². The van der Waals surface area contributed by atoms with E-state index in [1.807, 2.05) is 6.07 Å². The lowest BCUT2D eigenvalue weighted by Crippen LogP contribution is -2.44.